The zero-order valence-electron chi connectivity index (χ0n) is 8.47. The fraction of sp³-hybridized carbons (Fsp3) is 0.300. The predicted molar refractivity (Wildman–Crippen MR) is 68.6 cm³/mol. The number of benzene rings is 1. The van der Waals surface area contributed by atoms with E-state index in [4.69, 9.17) is 12.2 Å². The minimum absolute atomic E-state index is 0.225. The Balaban J connectivity index is 2.68. The van der Waals surface area contributed by atoms with Crippen LogP contribution in [0.4, 0.5) is 10.1 Å². The molecule has 0 radical (unpaired) electrons. The molecule has 5 heteroatoms. The van der Waals surface area contributed by atoms with E-state index in [0.29, 0.717) is 15.3 Å². The van der Waals surface area contributed by atoms with Crippen molar-refractivity contribution in [1.82, 2.24) is 5.32 Å². The summed E-state index contributed by atoms with van der Waals surface area (Å²) < 4.78 is 14.1. The van der Waals surface area contributed by atoms with Gasteiger partial charge in [-0.15, -0.1) is 0 Å². The van der Waals surface area contributed by atoms with Crippen molar-refractivity contribution in [1.29, 1.82) is 0 Å². The summed E-state index contributed by atoms with van der Waals surface area (Å²) in [6, 6.07) is 5.00. The van der Waals surface area contributed by atoms with E-state index >= 15 is 0 Å². The summed E-state index contributed by atoms with van der Waals surface area (Å²) in [6.45, 7) is 3.93. The maximum Gasteiger partial charge on any atom is 0.171 e. The first kappa shape index (κ1) is 12.4. The van der Waals surface area contributed by atoms with Crippen LogP contribution in [0.3, 0.4) is 0 Å². The van der Waals surface area contributed by atoms with Gasteiger partial charge < -0.3 is 10.6 Å². The Morgan fingerprint density at radius 2 is 2.13 bits per heavy atom. The normalized spacial score (nSPS) is 10.2. The van der Waals surface area contributed by atoms with E-state index in [9.17, 15) is 4.39 Å². The van der Waals surface area contributed by atoms with Crippen LogP contribution in [0, 0.1) is 5.82 Å². The lowest BCUT2D eigenvalue weighted by atomic mass is 10.3. The molecule has 0 atom stereocenters. The highest BCUT2D eigenvalue weighted by atomic mass is 79.9. The molecule has 0 heterocycles. The van der Waals surface area contributed by atoms with Crippen LogP contribution < -0.4 is 10.6 Å². The van der Waals surface area contributed by atoms with E-state index in [1.807, 2.05) is 13.8 Å². The predicted octanol–water partition coefficient (Wildman–Crippen LogP) is 3.28. The molecule has 1 aromatic rings. The molecule has 2 N–H and O–H groups in total. The Hall–Kier alpha value is -0.680. The van der Waals surface area contributed by atoms with Crippen molar-refractivity contribution < 1.29 is 4.39 Å². The molecule has 0 aliphatic carbocycles. The Labute approximate surface area is 102 Å². The van der Waals surface area contributed by atoms with Gasteiger partial charge in [0.25, 0.3) is 0 Å². The van der Waals surface area contributed by atoms with Crippen LogP contribution in [0.2, 0.25) is 0 Å². The number of hydrogen-bond acceptors (Lipinski definition) is 1. The summed E-state index contributed by atoms with van der Waals surface area (Å²) in [5, 5.41) is 6.19. The zero-order valence-corrected chi connectivity index (χ0v) is 10.9. The molecule has 0 aliphatic rings. The van der Waals surface area contributed by atoms with Crippen molar-refractivity contribution in [2.75, 3.05) is 5.32 Å². The molecule has 0 aromatic heterocycles. The van der Waals surface area contributed by atoms with E-state index < -0.39 is 0 Å². The summed E-state index contributed by atoms with van der Waals surface area (Å²) in [6.07, 6.45) is 0. The van der Waals surface area contributed by atoms with Crippen LogP contribution in [0.1, 0.15) is 13.8 Å². The molecule has 0 saturated carbocycles. The lowest BCUT2D eigenvalue weighted by Crippen LogP contribution is -2.34. The first-order valence-corrected chi connectivity index (χ1v) is 5.71. The van der Waals surface area contributed by atoms with Gasteiger partial charge in [0, 0.05) is 10.5 Å². The lowest BCUT2D eigenvalue weighted by molar-refractivity contribution is 0.631. The third-order valence-electron chi connectivity index (χ3n) is 1.60. The molecule has 0 spiro atoms. The summed E-state index contributed by atoms with van der Waals surface area (Å²) in [5.74, 6) is -0.336. The monoisotopic (exact) mass is 290 g/mol. The van der Waals surface area contributed by atoms with Crippen LogP contribution in [0.15, 0.2) is 22.7 Å². The van der Waals surface area contributed by atoms with E-state index in [1.165, 1.54) is 6.07 Å². The molecule has 2 nitrogen and oxygen atoms in total. The molecule has 0 unspecified atom stereocenters. The highest BCUT2D eigenvalue weighted by Crippen LogP contribution is 2.19. The van der Waals surface area contributed by atoms with Gasteiger partial charge in [0.1, 0.15) is 5.82 Å². The van der Waals surface area contributed by atoms with Gasteiger partial charge in [0.15, 0.2) is 5.11 Å². The molecule has 0 saturated heterocycles. The topological polar surface area (TPSA) is 24.1 Å². The lowest BCUT2D eigenvalue weighted by Gasteiger charge is -2.13. The van der Waals surface area contributed by atoms with Gasteiger partial charge in [-0.25, -0.2) is 4.39 Å². The van der Waals surface area contributed by atoms with Gasteiger partial charge in [-0.1, -0.05) is 15.9 Å². The van der Waals surface area contributed by atoms with Crippen LogP contribution in [0.5, 0.6) is 0 Å². The molecule has 0 bridgehead atoms. The van der Waals surface area contributed by atoms with Crippen molar-refractivity contribution >= 4 is 38.9 Å². The van der Waals surface area contributed by atoms with Crippen molar-refractivity contribution in [3.8, 4) is 0 Å². The molecular weight excluding hydrogens is 279 g/mol. The fourth-order valence-electron chi connectivity index (χ4n) is 1.01. The average Bonchev–Trinajstić information content (AvgIpc) is 2.08. The summed E-state index contributed by atoms with van der Waals surface area (Å²) in [5.41, 5.74) is 0.372. The van der Waals surface area contributed by atoms with E-state index in [2.05, 4.69) is 26.6 Å². The Morgan fingerprint density at radius 3 is 2.67 bits per heavy atom. The number of halogens is 2. The number of thiocarbonyl (C=S) groups is 1. The number of hydrogen-bond donors (Lipinski definition) is 2. The maximum atomic E-state index is 13.4. The van der Waals surface area contributed by atoms with Gasteiger partial charge in [0.05, 0.1) is 5.69 Å². The maximum absolute atomic E-state index is 13.4. The second kappa shape index (κ2) is 5.42. The molecule has 0 aliphatic heterocycles. The second-order valence-electron chi connectivity index (χ2n) is 3.38. The molecule has 1 aromatic carbocycles. The standard InChI is InChI=1S/C10H12BrFN2S/c1-6(2)13-10(15)14-9-4-3-7(11)5-8(9)12/h3-6H,1-2H3,(H2,13,14,15). The fourth-order valence-corrected chi connectivity index (χ4v) is 1.69. The van der Waals surface area contributed by atoms with Gasteiger partial charge in [-0.2, -0.15) is 0 Å². The van der Waals surface area contributed by atoms with Crippen LogP contribution in [-0.4, -0.2) is 11.2 Å². The Kier molecular flexibility index (Phi) is 4.47. The molecule has 15 heavy (non-hydrogen) atoms. The molecule has 82 valence electrons. The summed E-state index contributed by atoms with van der Waals surface area (Å²) in [7, 11) is 0. The van der Waals surface area contributed by atoms with Gasteiger partial charge in [-0.3, -0.25) is 0 Å². The average molecular weight is 291 g/mol. The Morgan fingerprint density at radius 1 is 1.47 bits per heavy atom. The van der Waals surface area contributed by atoms with E-state index in [1.54, 1.807) is 12.1 Å². The van der Waals surface area contributed by atoms with Crippen molar-refractivity contribution in [3.63, 3.8) is 0 Å². The van der Waals surface area contributed by atoms with Gasteiger partial charge in [-0.05, 0) is 44.3 Å². The number of rotatable bonds is 2. The van der Waals surface area contributed by atoms with Crippen molar-refractivity contribution in [2.45, 2.75) is 19.9 Å². The molecule has 0 fully saturated rings. The summed E-state index contributed by atoms with van der Waals surface area (Å²) in [4.78, 5) is 0. The van der Waals surface area contributed by atoms with Crippen LogP contribution in [0.25, 0.3) is 0 Å². The first-order chi connectivity index (χ1) is 6.99. The second-order valence-corrected chi connectivity index (χ2v) is 4.70. The number of anilines is 1. The number of nitrogens with one attached hydrogen (secondary N) is 2. The van der Waals surface area contributed by atoms with E-state index in [-0.39, 0.29) is 11.9 Å². The Bertz CT molecular complexity index is 368. The van der Waals surface area contributed by atoms with E-state index in [0.717, 1.165) is 0 Å². The largest absolute Gasteiger partial charge is 0.360 e. The zero-order chi connectivity index (χ0) is 11.4. The third-order valence-corrected chi connectivity index (χ3v) is 2.31. The highest BCUT2D eigenvalue weighted by molar-refractivity contribution is 9.10. The van der Waals surface area contributed by atoms with Gasteiger partial charge in [0.2, 0.25) is 0 Å². The van der Waals surface area contributed by atoms with Crippen molar-refractivity contribution in [3.05, 3.63) is 28.5 Å². The van der Waals surface area contributed by atoms with Gasteiger partial charge >= 0.3 is 0 Å². The smallest absolute Gasteiger partial charge is 0.171 e. The minimum Gasteiger partial charge on any atom is -0.360 e. The highest BCUT2D eigenvalue weighted by Gasteiger charge is 2.04. The molecule has 1 rings (SSSR count). The summed E-state index contributed by atoms with van der Waals surface area (Å²) >= 11 is 8.19. The minimum atomic E-state index is -0.336. The van der Waals surface area contributed by atoms with Crippen LogP contribution >= 0.6 is 28.1 Å². The van der Waals surface area contributed by atoms with Crippen LogP contribution in [-0.2, 0) is 0 Å². The molecule has 0 amide bonds. The quantitative estimate of drug-likeness (QED) is 0.818. The third kappa shape index (κ3) is 4.13. The molecular formula is C10H12BrFN2S. The first-order valence-electron chi connectivity index (χ1n) is 4.51. The SMILES string of the molecule is CC(C)NC(=S)Nc1ccc(Br)cc1F. The van der Waals surface area contributed by atoms with Crippen molar-refractivity contribution in [2.24, 2.45) is 0 Å².